The van der Waals surface area contributed by atoms with Crippen molar-refractivity contribution in [2.45, 2.75) is 19.8 Å². The number of pyridine rings is 1. The molecule has 88 valence electrons. The van der Waals surface area contributed by atoms with Crippen LogP contribution in [0.1, 0.15) is 19.0 Å². The van der Waals surface area contributed by atoms with Crippen LogP contribution in [-0.4, -0.2) is 15.0 Å². The number of aromatic amines is 1. The molecule has 0 saturated heterocycles. The first-order chi connectivity index (χ1) is 8.19. The molecular weight excluding hydrogens is 254 g/mol. The Morgan fingerprint density at radius 3 is 2.88 bits per heavy atom. The molecule has 0 spiro atoms. The molecule has 0 atom stereocenters. The summed E-state index contributed by atoms with van der Waals surface area (Å²) >= 11 is 10.9. The summed E-state index contributed by atoms with van der Waals surface area (Å²) in [6, 6.07) is 5.50. The SMILES string of the molecule is CCCc1cc(=S)nc(-c2ccc(Cl)cn2)[nH]1. The fourth-order valence-corrected chi connectivity index (χ4v) is 1.89. The highest BCUT2D eigenvalue weighted by Gasteiger charge is 2.03. The summed E-state index contributed by atoms with van der Waals surface area (Å²) in [6.07, 6.45) is 3.61. The molecule has 5 heteroatoms. The monoisotopic (exact) mass is 265 g/mol. The van der Waals surface area contributed by atoms with Crippen molar-refractivity contribution in [2.24, 2.45) is 0 Å². The highest BCUT2D eigenvalue weighted by Crippen LogP contribution is 2.15. The van der Waals surface area contributed by atoms with Gasteiger partial charge in [-0.3, -0.25) is 4.98 Å². The molecule has 0 radical (unpaired) electrons. The lowest BCUT2D eigenvalue weighted by Gasteiger charge is -2.04. The third-order valence-corrected chi connectivity index (χ3v) is 2.72. The Labute approximate surface area is 110 Å². The van der Waals surface area contributed by atoms with Gasteiger partial charge in [-0.25, -0.2) is 4.98 Å². The van der Waals surface area contributed by atoms with Crippen molar-refractivity contribution in [1.29, 1.82) is 0 Å². The van der Waals surface area contributed by atoms with Crippen molar-refractivity contribution in [3.8, 4) is 11.5 Å². The minimum absolute atomic E-state index is 0.582. The van der Waals surface area contributed by atoms with Gasteiger partial charge >= 0.3 is 0 Å². The largest absolute Gasteiger partial charge is 0.342 e. The van der Waals surface area contributed by atoms with E-state index >= 15 is 0 Å². The van der Waals surface area contributed by atoms with E-state index in [-0.39, 0.29) is 0 Å². The third-order valence-electron chi connectivity index (χ3n) is 2.29. The summed E-state index contributed by atoms with van der Waals surface area (Å²) in [5.41, 5.74) is 1.83. The van der Waals surface area contributed by atoms with Gasteiger partial charge in [-0.05, 0) is 24.6 Å². The Kier molecular flexibility index (Phi) is 3.86. The van der Waals surface area contributed by atoms with Gasteiger partial charge in [0.05, 0.1) is 5.02 Å². The highest BCUT2D eigenvalue weighted by atomic mass is 35.5. The maximum Gasteiger partial charge on any atom is 0.157 e. The van der Waals surface area contributed by atoms with Crippen LogP contribution < -0.4 is 0 Å². The maximum atomic E-state index is 5.80. The van der Waals surface area contributed by atoms with E-state index in [1.807, 2.05) is 12.1 Å². The van der Waals surface area contributed by atoms with Crippen molar-refractivity contribution in [2.75, 3.05) is 0 Å². The van der Waals surface area contributed by atoms with E-state index in [0.717, 1.165) is 24.2 Å². The summed E-state index contributed by atoms with van der Waals surface area (Å²) in [5.74, 6) is 0.692. The Morgan fingerprint density at radius 2 is 2.24 bits per heavy atom. The van der Waals surface area contributed by atoms with E-state index < -0.39 is 0 Å². The molecule has 2 aromatic rings. The third kappa shape index (κ3) is 3.11. The lowest BCUT2D eigenvalue weighted by atomic mass is 10.2. The van der Waals surface area contributed by atoms with E-state index in [2.05, 4.69) is 21.9 Å². The molecule has 3 nitrogen and oxygen atoms in total. The van der Waals surface area contributed by atoms with Crippen molar-refractivity contribution in [1.82, 2.24) is 15.0 Å². The van der Waals surface area contributed by atoms with Crippen molar-refractivity contribution in [3.63, 3.8) is 0 Å². The van der Waals surface area contributed by atoms with Crippen LogP contribution >= 0.6 is 23.8 Å². The van der Waals surface area contributed by atoms with E-state index in [1.165, 1.54) is 0 Å². The minimum Gasteiger partial charge on any atom is -0.342 e. The molecule has 0 saturated carbocycles. The molecule has 0 unspecified atom stereocenters. The van der Waals surface area contributed by atoms with Crippen LogP contribution in [0, 0.1) is 4.64 Å². The molecule has 1 N–H and O–H groups in total. The number of hydrogen-bond donors (Lipinski definition) is 1. The Bertz CT molecular complexity index is 563. The Morgan fingerprint density at radius 1 is 1.41 bits per heavy atom. The Hall–Kier alpha value is -1.26. The van der Waals surface area contributed by atoms with Gasteiger partial charge in [0.2, 0.25) is 0 Å². The topological polar surface area (TPSA) is 41.6 Å². The van der Waals surface area contributed by atoms with Crippen LogP contribution in [0.5, 0.6) is 0 Å². The lowest BCUT2D eigenvalue weighted by molar-refractivity contribution is 0.872. The number of halogens is 1. The summed E-state index contributed by atoms with van der Waals surface area (Å²) in [7, 11) is 0. The molecule has 0 aliphatic heterocycles. The molecule has 2 rings (SSSR count). The number of aromatic nitrogens is 3. The fraction of sp³-hybridized carbons (Fsp3) is 0.250. The first-order valence-electron chi connectivity index (χ1n) is 5.41. The van der Waals surface area contributed by atoms with Crippen LogP contribution in [-0.2, 0) is 6.42 Å². The van der Waals surface area contributed by atoms with Crippen LogP contribution in [0.2, 0.25) is 5.02 Å². The summed E-state index contributed by atoms with van der Waals surface area (Å²) in [4.78, 5) is 11.7. The summed E-state index contributed by atoms with van der Waals surface area (Å²) in [6.45, 7) is 2.12. The maximum absolute atomic E-state index is 5.80. The van der Waals surface area contributed by atoms with Crippen molar-refractivity contribution >= 4 is 23.8 Å². The van der Waals surface area contributed by atoms with Gasteiger partial charge in [-0.15, -0.1) is 0 Å². The second-order valence-corrected chi connectivity index (χ2v) is 4.56. The van der Waals surface area contributed by atoms with E-state index in [9.17, 15) is 0 Å². The predicted octanol–water partition coefficient (Wildman–Crippen LogP) is 3.81. The average molecular weight is 266 g/mol. The van der Waals surface area contributed by atoms with Gasteiger partial charge in [0.1, 0.15) is 10.3 Å². The molecule has 0 amide bonds. The van der Waals surface area contributed by atoms with E-state index in [4.69, 9.17) is 23.8 Å². The zero-order chi connectivity index (χ0) is 12.3. The van der Waals surface area contributed by atoms with Gasteiger partial charge in [-0.1, -0.05) is 37.2 Å². The van der Waals surface area contributed by atoms with Crippen LogP contribution in [0.25, 0.3) is 11.5 Å². The summed E-state index contributed by atoms with van der Waals surface area (Å²) in [5, 5.41) is 0.608. The van der Waals surface area contributed by atoms with Crippen LogP contribution in [0.15, 0.2) is 24.4 Å². The standard InChI is InChI=1S/C12H12ClN3S/c1-2-3-9-6-11(17)16-12(15-9)10-5-4-8(13)7-14-10/h4-7H,2-3H2,1H3,(H,15,16,17). The molecule has 2 heterocycles. The molecule has 0 aromatic carbocycles. The van der Waals surface area contributed by atoms with Gasteiger partial charge in [0.25, 0.3) is 0 Å². The second kappa shape index (κ2) is 5.38. The molecule has 0 fully saturated rings. The number of rotatable bonds is 3. The zero-order valence-corrected chi connectivity index (χ0v) is 11.0. The lowest BCUT2D eigenvalue weighted by Crippen LogP contribution is -1.97. The highest BCUT2D eigenvalue weighted by molar-refractivity contribution is 7.71. The van der Waals surface area contributed by atoms with E-state index in [0.29, 0.717) is 15.5 Å². The van der Waals surface area contributed by atoms with Gasteiger partial charge in [-0.2, -0.15) is 0 Å². The molecule has 0 bridgehead atoms. The Balaban J connectivity index is 2.44. The predicted molar refractivity (Wildman–Crippen MR) is 71.7 cm³/mol. The first kappa shape index (κ1) is 12.2. The van der Waals surface area contributed by atoms with Crippen LogP contribution in [0.3, 0.4) is 0 Å². The van der Waals surface area contributed by atoms with Crippen molar-refractivity contribution in [3.05, 3.63) is 39.8 Å². The van der Waals surface area contributed by atoms with Gasteiger partial charge in [0, 0.05) is 11.9 Å². The molecule has 17 heavy (non-hydrogen) atoms. The second-order valence-electron chi connectivity index (χ2n) is 3.70. The van der Waals surface area contributed by atoms with Crippen molar-refractivity contribution < 1.29 is 0 Å². The zero-order valence-electron chi connectivity index (χ0n) is 9.40. The van der Waals surface area contributed by atoms with Gasteiger partial charge in [0.15, 0.2) is 5.82 Å². The molecule has 0 aliphatic rings. The molecular formula is C12H12ClN3S. The van der Waals surface area contributed by atoms with Gasteiger partial charge < -0.3 is 4.98 Å². The minimum atomic E-state index is 0.582. The number of hydrogen-bond acceptors (Lipinski definition) is 3. The number of nitrogens with zero attached hydrogens (tertiary/aromatic N) is 2. The smallest absolute Gasteiger partial charge is 0.157 e. The fourth-order valence-electron chi connectivity index (χ4n) is 1.55. The first-order valence-corrected chi connectivity index (χ1v) is 6.20. The van der Waals surface area contributed by atoms with E-state index in [1.54, 1.807) is 12.3 Å². The number of aryl methyl sites for hydroxylation is 1. The summed E-state index contributed by atoms with van der Waals surface area (Å²) < 4.78 is 0.582. The number of nitrogens with one attached hydrogen (secondary N) is 1. The quantitative estimate of drug-likeness (QED) is 0.858. The molecule has 2 aromatic heterocycles. The van der Waals surface area contributed by atoms with Crippen LogP contribution in [0.4, 0.5) is 0 Å². The molecule has 0 aliphatic carbocycles. The normalized spacial score (nSPS) is 10.5. The average Bonchev–Trinajstić information content (AvgIpc) is 2.29. The number of H-pyrrole nitrogens is 1.